The minimum Gasteiger partial charge on any atom is -0.460 e. The van der Waals surface area contributed by atoms with Gasteiger partial charge in [0.2, 0.25) is 0 Å². The molecule has 2 N–H and O–H groups in total. The molecule has 0 aliphatic rings. The van der Waals surface area contributed by atoms with Crippen LogP contribution in [0.25, 0.3) is 11.3 Å². The number of furan rings is 1. The second kappa shape index (κ2) is 6.24. The van der Waals surface area contributed by atoms with Gasteiger partial charge in [-0.3, -0.25) is 0 Å². The summed E-state index contributed by atoms with van der Waals surface area (Å²) in [4.78, 5) is 0. The molecule has 2 rings (SSSR count). The Morgan fingerprint density at radius 3 is 2.84 bits per heavy atom. The highest BCUT2D eigenvalue weighted by molar-refractivity contribution is 6.31. The normalized spacial score (nSPS) is 12.6. The quantitative estimate of drug-likeness (QED) is 0.882. The minimum atomic E-state index is -0.357. The van der Waals surface area contributed by atoms with Crippen molar-refractivity contribution in [2.75, 3.05) is 6.54 Å². The van der Waals surface area contributed by atoms with Gasteiger partial charge in [-0.15, -0.1) is 0 Å². The molecule has 0 aliphatic carbocycles. The molecule has 0 saturated heterocycles. The number of aliphatic hydroxyl groups excluding tert-OH is 1. The molecule has 0 radical (unpaired) electrons. The van der Waals surface area contributed by atoms with E-state index >= 15 is 0 Å². The molecular formula is C15H18ClNO2. The molecule has 1 atom stereocenters. The smallest absolute Gasteiger partial charge is 0.134 e. The van der Waals surface area contributed by atoms with Crippen molar-refractivity contribution < 1.29 is 9.52 Å². The summed E-state index contributed by atoms with van der Waals surface area (Å²) in [6.45, 7) is 4.87. The lowest BCUT2D eigenvalue weighted by atomic mass is 10.1. The number of halogens is 1. The van der Waals surface area contributed by atoms with Gasteiger partial charge in [0.05, 0.1) is 12.6 Å². The second-order valence-corrected chi connectivity index (χ2v) is 5.07. The molecule has 1 aromatic heterocycles. The first-order chi connectivity index (χ1) is 9.08. The highest BCUT2D eigenvalue weighted by Crippen LogP contribution is 2.29. The molecule has 3 nitrogen and oxygen atoms in total. The Bertz CT molecular complexity index is 549. The maximum Gasteiger partial charge on any atom is 0.134 e. The van der Waals surface area contributed by atoms with Gasteiger partial charge in [-0.05, 0) is 37.6 Å². The molecule has 0 aliphatic heterocycles. The molecule has 1 aromatic carbocycles. The van der Waals surface area contributed by atoms with Crippen molar-refractivity contribution >= 4 is 11.6 Å². The van der Waals surface area contributed by atoms with Crippen LogP contribution in [0, 0.1) is 6.92 Å². The zero-order valence-corrected chi connectivity index (χ0v) is 11.9. The molecular weight excluding hydrogens is 262 g/mol. The highest BCUT2D eigenvalue weighted by Gasteiger charge is 2.09. The van der Waals surface area contributed by atoms with Crippen LogP contribution in [0.4, 0.5) is 0 Å². The molecule has 1 heterocycles. The summed E-state index contributed by atoms with van der Waals surface area (Å²) in [5.74, 6) is 1.66. The molecule has 2 aromatic rings. The van der Waals surface area contributed by atoms with Crippen LogP contribution in [-0.4, -0.2) is 17.8 Å². The number of hydrogen-bond donors (Lipinski definition) is 2. The van der Waals surface area contributed by atoms with E-state index in [0.29, 0.717) is 13.1 Å². The first-order valence-electron chi connectivity index (χ1n) is 6.31. The van der Waals surface area contributed by atoms with Gasteiger partial charge in [-0.2, -0.15) is 0 Å². The van der Waals surface area contributed by atoms with Gasteiger partial charge in [0, 0.05) is 17.1 Å². The molecule has 4 heteroatoms. The van der Waals surface area contributed by atoms with Gasteiger partial charge in [0.1, 0.15) is 11.5 Å². The van der Waals surface area contributed by atoms with Crippen LogP contribution in [0.3, 0.4) is 0 Å². The molecule has 0 bridgehead atoms. The third-order valence-corrected chi connectivity index (χ3v) is 3.34. The zero-order valence-electron chi connectivity index (χ0n) is 11.1. The topological polar surface area (TPSA) is 45.4 Å². The van der Waals surface area contributed by atoms with Gasteiger partial charge in [-0.1, -0.05) is 23.7 Å². The molecule has 0 saturated carbocycles. The lowest BCUT2D eigenvalue weighted by Crippen LogP contribution is -2.23. The molecule has 0 fully saturated rings. The highest BCUT2D eigenvalue weighted by atomic mass is 35.5. The van der Waals surface area contributed by atoms with E-state index in [2.05, 4.69) is 5.32 Å². The summed E-state index contributed by atoms with van der Waals surface area (Å²) in [6, 6.07) is 9.66. The number of rotatable bonds is 5. The average molecular weight is 280 g/mol. The van der Waals surface area contributed by atoms with Gasteiger partial charge in [0.15, 0.2) is 0 Å². The van der Waals surface area contributed by atoms with Crippen molar-refractivity contribution in [3.63, 3.8) is 0 Å². The van der Waals surface area contributed by atoms with E-state index in [4.69, 9.17) is 16.0 Å². The fraction of sp³-hybridized carbons (Fsp3) is 0.333. The maximum absolute atomic E-state index is 9.17. The minimum absolute atomic E-state index is 0.357. The van der Waals surface area contributed by atoms with E-state index < -0.39 is 0 Å². The van der Waals surface area contributed by atoms with Crippen molar-refractivity contribution in [2.24, 2.45) is 0 Å². The van der Waals surface area contributed by atoms with Crippen LogP contribution in [0.5, 0.6) is 0 Å². The van der Waals surface area contributed by atoms with E-state index in [1.807, 2.05) is 37.3 Å². The molecule has 0 amide bonds. The summed E-state index contributed by atoms with van der Waals surface area (Å²) in [6.07, 6.45) is -0.357. The van der Waals surface area contributed by atoms with Crippen molar-refractivity contribution in [3.05, 3.63) is 46.7 Å². The summed E-state index contributed by atoms with van der Waals surface area (Å²) in [5, 5.41) is 13.0. The second-order valence-electron chi connectivity index (χ2n) is 4.66. The summed E-state index contributed by atoms with van der Waals surface area (Å²) in [7, 11) is 0. The van der Waals surface area contributed by atoms with Gasteiger partial charge in [-0.25, -0.2) is 0 Å². The zero-order chi connectivity index (χ0) is 13.8. The standard InChI is InChI=1S/C15H18ClNO2/c1-10(18)8-17-9-12-6-7-15(19-12)13-4-3-5-14(16)11(13)2/h3-7,10,17-18H,8-9H2,1-2H3. The van der Waals surface area contributed by atoms with Crippen LogP contribution in [0.2, 0.25) is 5.02 Å². The van der Waals surface area contributed by atoms with E-state index in [-0.39, 0.29) is 6.10 Å². The number of nitrogens with one attached hydrogen (secondary N) is 1. The van der Waals surface area contributed by atoms with Crippen LogP contribution >= 0.6 is 11.6 Å². The summed E-state index contributed by atoms with van der Waals surface area (Å²) < 4.78 is 5.78. The fourth-order valence-corrected chi connectivity index (χ4v) is 2.07. The average Bonchev–Trinajstić information content (AvgIpc) is 2.81. The number of aliphatic hydroxyl groups is 1. The first kappa shape index (κ1) is 14.1. The van der Waals surface area contributed by atoms with Gasteiger partial charge >= 0.3 is 0 Å². The van der Waals surface area contributed by atoms with Crippen LogP contribution in [0.1, 0.15) is 18.2 Å². The largest absolute Gasteiger partial charge is 0.460 e. The Hall–Kier alpha value is -1.29. The Morgan fingerprint density at radius 2 is 2.11 bits per heavy atom. The van der Waals surface area contributed by atoms with Crippen LogP contribution < -0.4 is 5.32 Å². The van der Waals surface area contributed by atoms with E-state index in [9.17, 15) is 5.11 Å². The molecule has 0 spiro atoms. The van der Waals surface area contributed by atoms with Crippen LogP contribution in [0.15, 0.2) is 34.7 Å². The number of benzene rings is 1. The van der Waals surface area contributed by atoms with Crippen molar-refractivity contribution in [3.8, 4) is 11.3 Å². The summed E-state index contributed by atoms with van der Waals surface area (Å²) in [5.41, 5.74) is 2.02. The SMILES string of the molecule is Cc1c(Cl)cccc1-c1ccc(CNCC(C)O)o1. The van der Waals surface area contributed by atoms with Crippen molar-refractivity contribution in [1.29, 1.82) is 0 Å². The molecule has 1 unspecified atom stereocenters. The molecule has 19 heavy (non-hydrogen) atoms. The van der Waals surface area contributed by atoms with E-state index in [1.54, 1.807) is 6.92 Å². The fourth-order valence-electron chi connectivity index (χ4n) is 1.90. The third kappa shape index (κ3) is 3.60. The Balaban J connectivity index is 2.10. The number of hydrogen-bond acceptors (Lipinski definition) is 3. The summed E-state index contributed by atoms with van der Waals surface area (Å²) >= 11 is 6.11. The predicted octanol–water partition coefficient (Wildman–Crippen LogP) is 3.38. The van der Waals surface area contributed by atoms with Crippen molar-refractivity contribution in [2.45, 2.75) is 26.5 Å². The van der Waals surface area contributed by atoms with Crippen LogP contribution in [-0.2, 0) is 6.54 Å². The van der Waals surface area contributed by atoms with E-state index in [0.717, 1.165) is 27.7 Å². The Morgan fingerprint density at radius 1 is 1.32 bits per heavy atom. The lowest BCUT2D eigenvalue weighted by molar-refractivity contribution is 0.190. The van der Waals surface area contributed by atoms with E-state index in [1.165, 1.54) is 0 Å². The lowest BCUT2D eigenvalue weighted by Gasteiger charge is -2.06. The molecule has 102 valence electrons. The Labute approximate surface area is 118 Å². The first-order valence-corrected chi connectivity index (χ1v) is 6.68. The van der Waals surface area contributed by atoms with Crippen molar-refractivity contribution in [1.82, 2.24) is 5.32 Å². The maximum atomic E-state index is 9.17. The van der Waals surface area contributed by atoms with Gasteiger partial charge in [0.25, 0.3) is 0 Å². The Kier molecular flexibility index (Phi) is 4.64. The third-order valence-electron chi connectivity index (χ3n) is 2.93. The monoisotopic (exact) mass is 279 g/mol. The predicted molar refractivity (Wildman–Crippen MR) is 77.3 cm³/mol. The van der Waals surface area contributed by atoms with Gasteiger partial charge < -0.3 is 14.8 Å².